The number of fused-ring (bicyclic) bond motifs is 1. The van der Waals surface area contributed by atoms with Crippen LogP contribution in [0, 0.1) is 0 Å². The van der Waals surface area contributed by atoms with Crippen LogP contribution in [-0.4, -0.2) is 57.2 Å². The topological polar surface area (TPSA) is 41.4 Å². The number of thioether (sulfide) groups is 1. The Morgan fingerprint density at radius 3 is 2.24 bits per heavy atom. The van der Waals surface area contributed by atoms with Crippen molar-refractivity contribution >= 4 is 28.7 Å². The molecule has 0 spiro atoms. The molecule has 0 unspecified atom stereocenters. The maximum absolute atomic E-state index is 12.7. The van der Waals surface area contributed by atoms with E-state index in [2.05, 4.69) is 70.1 Å². The van der Waals surface area contributed by atoms with Gasteiger partial charge in [0.15, 0.2) is 0 Å². The van der Waals surface area contributed by atoms with Crippen molar-refractivity contribution in [3.05, 3.63) is 96.3 Å². The van der Waals surface area contributed by atoms with E-state index in [0.29, 0.717) is 6.42 Å². The Morgan fingerprint density at radius 2 is 1.47 bits per heavy atom. The molecule has 0 atom stereocenters. The molecule has 1 aliphatic rings. The minimum Gasteiger partial charge on any atom is -0.340 e. The molecule has 0 aliphatic carbocycles. The van der Waals surface area contributed by atoms with Crippen LogP contribution in [-0.2, 0) is 17.9 Å². The number of amides is 1. The number of piperazine rings is 1. The molecule has 1 saturated heterocycles. The van der Waals surface area contributed by atoms with Gasteiger partial charge >= 0.3 is 0 Å². The minimum atomic E-state index is 0.263. The first-order valence-electron chi connectivity index (χ1n) is 11.9. The monoisotopic (exact) mass is 470 g/mol. The van der Waals surface area contributed by atoms with E-state index in [1.54, 1.807) is 11.8 Å². The molecule has 1 fully saturated rings. The molecule has 4 aromatic rings. The first kappa shape index (κ1) is 22.7. The highest BCUT2D eigenvalue weighted by atomic mass is 32.2. The van der Waals surface area contributed by atoms with Crippen LogP contribution in [0.1, 0.15) is 17.8 Å². The zero-order chi connectivity index (χ0) is 23.2. The van der Waals surface area contributed by atoms with E-state index in [9.17, 15) is 4.79 Å². The molecule has 3 aromatic carbocycles. The average molecular weight is 471 g/mol. The molecule has 5 nitrogen and oxygen atoms in total. The van der Waals surface area contributed by atoms with E-state index < -0.39 is 0 Å². The van der Waals surface area contributed by atoms with Gasteiger partial charge in [0.1, 0.15) is 5.82 Å². The second-order valence-corrected chi connectivity index (χ2v) is 9.83. The van der Waals surface area contributed by atoms with E-state index >= 15 is 0 Å². The Balaban J connectivity index is 1.18. The van der Waals surface area contributed by atoms with E-state index in [1.807, 2.05) is 29.2 Å². The summed E-state index contributed by atoms with van der Waals surface area (Å²) in [6.45, 7) is 4.95. The number of benzene rings is 3. The van der Waals surface area contributed by atoms with Crippen LogP contribution in [0.25, 0.3) is 11.0 Å². The van der Waals surface area contributed by atoms with Crippen LogP contribution in [0.5, 0.6) is 0 Å². The summed E-state index contributed by atoms with van der Waals surface area (Å²) in [5.41, 5.74) is 3.49. The van der Waals surface area contributed by atoms with Gasteiger partial charge < -0.3 is 9.47 Å². The third-order valence-corrected chi connectivity index (χ3v) is 7.35. The van der Waals surface area contributed by atoms with E-state index in [-0.39, 0.29) is 5.91 Å². The molecular formula is C28H30N4OS. The van der Waals surface area contributed by atoms with Gasteiger partial charge in [-0.25, -0.2) is 4.98 Å². The highest BCUT2D eigenvalue weighted by Crippen LogP contribution is 2.21. The van der Waals surface area contributed by atoms with Crippen LogP contribution in [0.3, 0.4) is 0 Å². The maximum Gasteiger partial charge on any atom is 0.223 e. The molecule has 0 N–H and O–H groups in total. The Hall–Kier alpha value is -3.09. The van der Waals surface area contributed by atoms with Gasteiger partial charge in [-0.2, -0.15) is 0 Å². The third kappa shape index (κ3) is 5.51. The van der Waals surface area contributed by atoms with Crippen LogP contribution in [0.2, 0.25) is 0 Å². The Morgan fingerprint density at radius 1 is 0.794 bits per heavy atom. The summed E-state index contributed by atoms with van der Waals surface area (Å²) in [6, 6.07) is 29.2. The zero-order valence-corrected chi connectivity index (χ0v) is 20.2. The lowest BCUT2D eigenvalue weighted by molar-refractivity contribution is -0.132. The molecule has 34 heavy (non-hydrogen) atoms. The van der Waals surface area contributed by atoms with Crippen molar-refractivity contribution in [2.24, 2.45) is 0 Å². The van der Waals surface area contributed by atoms with Crippen LogP contribution in [0.4, 0.5) is 0 Å². The van der Waals surface area contributed by atoms with Crippen molar-refractivity contribution in [2.45, 2.75) is 24.4 Å². The average Bonchev–Trinajstić information content (AvgIpc) is 3.22. The summed E-state index contributed by atoms with van der Waals surface area (Å²) >= 11 is 1.75. The van der Waals surface area contributed by atoms with Gasteiger partial charge in [-0.3, -0.25) is 9.69 Å². The van der Waals surface area contributed by atoms with Crippen molar-refractivity contribution in [2.75, 3.05) is 31.9 Å². The first-order chi connectivity index (χ1) is 16.8. The van der Waals surface area contributed by atoms with E-state index in [1.165, 1.54) is 16.0 Å². The lowest BCUT2D eigenvalue weighted by Gasteiger charge is -2.34. The molecule has 1 aliphatic heterocycles. The molecule has 1 aromatic heterocycles. The predicted molar refractivity (Wildman–Crippen MR) is 139 cm³/mol. The molecular weight excluding hydrogens is 440 g/mol. The number of hydrogen-bond donors (Lipinski definition) is 0. The van der Waals surface area contributed by atoms with Gasteiger partial charge in [-0.05, 0) is 29.8 Å². The Bertz CT molecular complexity index is 1220. The summed E-state index contributed by atoms with van der Waals surface area (Å²) in [6.07, 6.45) is 0.590. The van der Waals surface area contributed by atoms with Crippen LogP contribution in [0.15, 0.2) is 89.8 Å². The van der Waals surface area contributed by atoms with Gasteiger partial charge in [0.25, 0.3) is 0 Å². The van der Waals surface area contributed by atoms with Crippen LogP contribution >= 0.6 is 11.8 Å². The lowest BCUT2D eigenvalue weighted by Crippen LogP contribution is -2.48. The maximum atomic E-state index is 12.7. The van der Waals surface area contributed by atoms with E-state index in [0.717, 1.165) is 56.4 Å². The molecule has 0 radical (unpaired) electrons. The summed E-state index contributed by atoms with van der Waals surface area (Å²) in [4.78, 5) is 23.3. The standard InChI is InChI=1S/C28H30N4OS/c33-28(15-20-34-24-11-5-2-6-12-24)31-18-16-30(17-19-31)22-27-29-25-13-7-8-14-26(25)32(27)21-23-9-3-1-4-10-23/h1-14H,15-22H2. The molecule has 0 saturated carbocycles. The minimum absolute atomic E-state index is 0.263. The zero-order valence-electron chi connectivity index (χ0n) is 19.3. The molecule has 2 heterocycles. The summed E-state index contributed by atoms with van der Waals surface area (Å²) < 4.78 is 2.34. The smallest absolute Gasteiger partial charge is 0.223 e. The van der Waals surface area contributed by atoms with Gasteiger partial charge in [0.2, 0.25) is 5.91 Å². The van der Waals surface area contributed by atoms with Crippen LogP contribution < -0.4 is 0 Å². The number of rotatable bonds is 8. The van der Waals surface area contributed by atoms with Gasteiger partial charge in [0, 0.05) is 49.8 Å². The van der Waals surface area contributed by atoms with Gasteiger partial charge in [-0.1, -0.05) is 60.7 Å². The van der Waals surface area contributed by atoms with Crippen molar-refractivity contribution in [3.63, 3.8) is 0 Å². The highest BCUT2D eigenvalue weighted by Gasteiger charge is 2.22. The fraction of sp³-hybridized carbons (Fsp3) is 0.286. The summed E-state index contributed by atoms with van der Waals surface area (Å²) in [5, 5.41) is 0. The predicted octanol–water partition coefficient (Wildman–Crippen LogP) is 4.91. The van der Waals surface area contributed by atoms with Gasteiger partial charge in [0.05, 0.1) is 17.6 Å². The number of hydrogen-bond acceptors (Lipinski definition) is 4. The Kier molecular flexibility index (Phi) is 7.27. The molecule has 5 rings (SSSR count). The Labute approximate surface area is 205 Å². The van der Waals surface area contributed by atoms with Crippen molar-refractivity contribution < 1.29 is 4.79 Å². The normalized spacial score (nSPS) is 14.5. The molecule has 1 amide bonds. The summed E-state index contributed by atoms with van der Waals surface area (Å²) in [7, 11) is 0. The lowest BCUT2D eigenvalue weighted by atomic mass is 10.2. The quantitative estimate of drug-likeness (QED) is 0.343. The SMILES string of the molecule is O=C(CCSc1ccccc1)N1CCN(Cc2nc3ccccc3n2Cc2ccccc2)CC1. The fourth-order valence-electron chi connectivity index (χ4n) is 4.47. The largest absolute Gasteiger partial charge is 0.340 e. The number of aromatic nitrogens is 2. The second-order valence-electron chi connectivity index (χ2n) is 8.66. The third-order valence-electron chi connectivity index (χ3n) is 6.34. The second kappa shape index (κ2) is 10.9. The molecule has 6 heteroatoms. The number of carbonyl (C=O) groups is 1. The van der Waals surface area contributed by atoms with Crippen molar-refractivity contribution in [3.8, 4) is 0 Å². The highest BCUT2D eigenvalue weighted by molar-refractivity contribution is 7.99. The fourth-order valence-corrected chi connectivity index (χ4v) is 5.34. The number of imidazole rings is 1. The molecule has 174 valence electrons. The molecule has 0 bridgehead atoms. The van der Waals surface area contributed by atoms with Gasteiger partial charge in [-0.15, -0.1) is 11.8 Å². The van der Waals surface area contributed by atoms with E-state index in [4.69, 9.17) is 4.98 Å². The number of para-hydroxylation sites is 2. The number of carbonyl (C=O) groups excluding carboxylic acids is 1. The number of nitrogens with zero attached hydrogens (tertiary/aromatic N) is 4. The van der Waals surface area contributed by atoms with Crippen molar-refractivity contribution in [1.82, 2.24) is 19.4 Å². The first-order valence-corrected chi connectivity index (χ1v) is 12.9. The summed E-state index contributed by atoms with van der Waals surface area (Å²) in [5.74, 6) is 2.18. The van der Waals surface area contributed by atoms with Crippen molar-refractivity contribution in [1.29, 1.82) is 0 Å².